The Bertz CT molecular complexity index is 1460. The van der Waals surface area contributed by atoms with Crippen molar-refractivity contribution in [2.24, 2.45) is 13.0 Å². The number of ether oxygens (including phenoxy) is 1. The van der Waals surface area contributed by atoms with Gasteiger partial charge < -0.3 is 24.8 Å². The van der Waals surface area contributed by atoms with E-state index in [9.17, 15) is 40.4 Å². The summed E-state index contributed by atoms with van der Waals surface area (Å²) in [5.41, 5.74) is 0.492. The van der Waals surface area contributed by atoms with Crippen LogP contribution in [0.3, 0.4) is 0 Å². The molecule has 40 heavy (non-hydrogen) atoms. The number of aryl methyl sites for hydroxylation is 2. The quantitative estimate of drug-likeness (QED) is 0.368. The number of sulfonamides is 1. The predicted molar refractivity (Wildman–Crippen MR) is 132 cm³/mol. The van der Waals surface area contributed by atoms with Gasteiger partial charge in [0, 0.05) is 44.0 Å². The van der Waals surface area contributed by atoms with E-state index in [2.05, 4.69) is 10.0 Å². The molecular weight excluding hydrogens is 562 g/mol. The predicted octanol–water partition coefficient (Wildman–Crippen LogP) is 1.68. The molecular formula is C24H27F4N5O6S. The van der Waals surface area contributed by atoms with Gasteiger partial charge >= 0.3 is 18.0 Å². The van der Waals surface area contributed by atoms with Crippen LogP contribution in [-0.4, -0.2) is 73.6 Å². The van der Waals surface area contributed by atoms with Gasteiger partial charge in [-0.3, -0.25) is 14.4 Å². The van der Waals surface area contributed by atoms with E-state index in [4.69, 9.17) is 4.74 Å². The Balaban J connectivity index is 1.53. The molecule has 218 valence electrons. The molecule has 0 unspecified atom stereocenters. The number of fused-ring (bicyclic) bond motifs is 2. The average Bonchev–Trinajstić information content (AvgIpc) is 3.20. The van der Waals surface area contributed by atoms with Gasteiger partial charge in [-0.15, -0.1) is 0 Å². The van der Waals surface area contributed by atoms with Crippen molar-refractivity contribution in [2.75, 3.05) is 25.0 Å². The molecule has 1 fully saturated rings. The smallest absolute Gasteiger partial charge is 0.408 e. The first kappa shape index (κ1) is 29.3. The highest BCUT2D eigenvalue weighted by Crippen LogP contribution is 2.35. The number of alkyl halides is 3. The summed E-state index contributed by atoms with van der Waals surface area (Å²) in [7, 11) is -2.87. The number of halogens is 4. The van der Waals surface area contributed by atoms with Gasteiger partial charge in [-0.2, -0.15) is 13.2 Å². The molecule has 3 amide bonds. The number of carbonyl (C=O) groups excluding carboxylic acids is 3. The molecule has 3 heterocycles. The third-order valence-corrected chi connectivity index (χ3v) is 8.33. The van der Waals surface area contributed by atoms with Crippen LogP contribution in [0.25, 0.3) is 0 Å². The lowest BCUT2D eigenvalue weighted by Gasteiger charge is -2.39. The van der Waals surface area contributed by atoms with Crippen molar-refractivity contribution in [3.05, 3.63) is 41.5 Å². The zero-order chi connectivity index (χ0) is 29.6. The van der Waals surface area contributed by atoms with Gasteiger partial charge in [0.25, 0.3) is 5.91 Å². The maximum absolute atomic E-state index is 13.6. The highest BCUT2D eigenvalue weighted by molar-refractivity contribution is 7.89. The Morgan fingerprint density at radius 2 is 1.93 bits per heavy atom. The number of anilines is 1. The minimum atomic E-state index is -4.74. The first-order valence-corrected chi connectivity index (χ1v) is 13.6. The summed E-state index contributed by atoms with van der Waals surface area (Å²) in [6.07, 6.45) is -3.39. The number of aromatic nitrogens is 1. The van der Waals surface area contributed by atoms with Crippen molar-refractivity contribution < 1.29 is 45.1 Å². The van der Waals surface area contributed by atoms with Crippen LogP contribution in [0.2, 0.25) is 0 Å². The number of piperidine rings is 1. The first-order valence-electron chi connectivity index (χ1n) is 12.2. The summed E-state index contributed by atoms with van der Waals surface area (Å²) >= 11 is 0. The Labute approximate surface area is 226 Å². The standard InChI is InChI=1S/C24H27F4N5O6S/c1-12-8-15(4-5-16(12)25)30-21(34)19-20-18(10-32(19)3)40(37,38)31-17-9-33(7-6-14(17)11-39-20)23(36)22(35)29-13(2)24(26,27)28/h4-5,8,10,13-14,17,31H,6-7,9,11H2,1-3H3,(H,29,35)(H,30,34)/t13-,14+,17-/m1/s1. The van der Waals surface area contributed by atoms with Crippen LogP contribution < -0.4 is 20.1 Å². The molecule has 11 nitrogen and oxygen atoms in total. The van der Waals surface area contributed by atoms with Crippen LogP contribution in [0, 0.1) is 18.7 Å². The number of benzene rings is 1. The van der Waals surface area contributed by atoms with Crippen LogP contribution >= 0.6 is 0 Å². The highest BCUT2D eigenvalue weighted by atomic mass is 32.2. The number of likely N-dealkylation sites (tertiary alicyclic amines) is 1. The Kier molecular flexibility index (Phi) is 7.86. The van der Waals surface area contributed by atoms with Gasteiger partial charge in [-0.25, -0.2) is 17.5 Å². The molecule has 2 aliphatic heterocycles. The van der Waals surface area contributed by atoms with E-state index >= 15 is 0 Å². The molecule has 3 atom stereocenters. The molecule has 0 aliphatic carbocycles. The summed E-state index contributed by atoms with van der Waals surface area (Å²) in [6, 6.07) is 0.801. The molecule has 2 aliphatic rings. The van der Waals surface area contributed by atoms with Crippen LogP contribution in [0.4, 0.5) is 23.2 Å². The SMILES string of the molecule is Cc1cc(NC(=O)c2c3c(cn2C)S(=O)(=O)N[C@@H]2CN(C(=O)C(=O)N[C@H](C)C(F)(F)F)CC[C@H]2CO3)ccc1F. The second-order valence-electron chi connectivity index (χ2n) is 9.78. The van der Waals surface area contributed by atoms with E-state index in [1.54, 1.807) is 5.32 Å². The molecule has 0 radical (unpaired) electrons. The van der Waals surface area contributed by atoms with E-state index in [1.807, 2.05) is 0 Å². The van der Waals surface area contributed by atoms with Crippen molar-refractivity contribution >= 4 is 33.4 Å². The van der Waals surface area contributed by atoms with E-state index in [1.165, 1.54) is 42.9 Å². The summed E-state index contributed by atoms with van der Waals surface area (Å²) in [6.45, 7) is 1.86. The van der Waals surface area contributed by atoms with Gasteiger partial charge in [0.1, 0.15) is 16.8 Å². The summed E-state index contributed by atoms with van der Waals surface area (Å²) in [5.74, 6) is -4.50. The molecule has 1 aromatic carbocycles. The fraction of sp³-hybridized carbons (Fsp3) is 0.458. The molecule has 0 spiro atoms. The maximum Gasteiger partial charge on any atom is 0.408 e. The Morgan fingerprint density at radius 1 is 1.23 bits per heavy atom. The second-order valence-corrected chi connectivity index (χ2v) is 11.5. The molecule has 0 saturated carbocycles. The molecule has 3 N–H and O–H groups in total. The minimum absolute atomic E-state index is 0.0299. The van der Waals surface area contributed by atoms with Gasteiger partial charge in [-0.1, -0.05) is 0 Å². The van der Waals surface area contributed by atoms with Crippen molar-refractivity contribution in [2.45, 2.75) is 43.4 Å². The van der Waals surface area contributed by atoms with Crippen molar-refractivity contribution in [1.29, 1.82) is 0 Å². The van der Waals surface area contributed by atoms with Crippen molar-refractivity contribution in [3.8, 4) is 5.75 Å². The number of rotatable bonds is 3. The third-order valence-electron chi connectivity index (χ3n) is 6.85. The van der Waals surface area contributed by atoms with Crippen LogP contribution in [-0.2, 0) is 26.7 Å². The van der Waals surface area contributed by atoms with E-state index < -0.39 is 57.7 Å². The first-order chi connectivity index (χ1) is 18.6. The lowest BCUT2D eigenvalue weighted by Crippen LogP contribution is -2.58. The van der Waals surface area contributed by atoms with E-state index in [0.29, 0.717) is 12.5 Å². The van der Waals surface area contributed by atoms with Gasteiger partial charge in [-0.05, 0) is 44.0 Å². The number of nitrogens with zero attached hydrogens (tertiary/aromatic N) is 2. The van der Waals surface area contributed by atoms with Crippen LogP contribution in [0.5, 0.6) is 5.75 Å². The molecule has 2 aromatic rings. The van der Waals surface area contributed by atoms with Gasteiger partial charge in [0.15, 0.2) is 11.4 Å². The summed E-state index contributed by atoms with van der Waals surface area (Å²) in [4.78, 5) is 38.4. The molecule has 0 bridgehead atoms. The Hall–Kier alpha value is -3.66. The largest absolute Gasteiger partial charge is 0.489 e. The monoisotopic (exact) mass is 589 g/mol. The minimum Gasteiger partial charge on any atom is -0.489 e. The second kappa shape index (κ2) is 10.7. The van der Waals surface area contributed by atoms with Crippen molar-refractivity contribution in [3.63, 3.8) is 0 Å². The maximum atomic E-state index is 13.6. The zero-order valence-corrected chi connectivity index (χ0v) is 22.5. The number of nitrogens with one attached hydrogen (secondary N) is 3. The fourth-order valence-corrected chi connectivity index (χ4v) is 6.03. The van der Waals surface area contributed by atoms with Gasteiger partial charge in [0.2, 0.25) is 10.0 Å². The van der Waals surface area contributed by atoms with Crippen LogP contribution in [0.15, 0.2) is 29.3 Å². The molecule has 16 heteroatoms. The highest BCUT2D eigenvalue weighted by Gasteiger charge is 2.42. The molecule has 1 aromatic heterocycles. The number of hydrogen-bond acceptors (Lipinski definition) is 6. The molecule has 1 saturated heterocycles. The van der Waals surface area contributed by atoms with Crippen molar-refractivity contribution in [1.82, 2.24) is 19.5 Å². The summed E-state index contributed by atoms with van der Waals surface area (Å²) < 4.78 is 88.2. The van der Waals surface area contributed by atoms with E-state index in [0.717, 1.165) is 4.90 Å². The number of carbonyl (C=O) groups is 3. The topological polar surface area (TPSA) is 139 Å². The lowest BCUT2D eigenvalue weighted by molar-refractivity contribution is -0.162. The van der Waals surface area contributed by atoms with Gasteiger partial charge in [0.05, 0.1) is 6.61 Å². The normalized spacial score (nSPS) is 21.1. The lowest BCUT2D eigenvalue weighted by atomic mass is 9.93. The fourth-order valence-electron chi connectivity index (χ4n) is 4.54. The van der Waals surface area contributed by atoms with E-state index in [-0.39, 0.29) is 48.1 Å². The third kappa shape index (κ3) is 5.91. The zero-order valence-electron chi connectivity index (χ0n) is 21.6. The number of amides is 3. The summed E-state index contributed by atoms with van der Waals surface area (Å²) in [5, 5.41) is 4.21. The average molecular weight is 590 g/mol. The van der Waals surface area contributed by atoms with Crippen LogP contribution in [0.1, 0.15) is 29.4 Å². The number of hydrogen-bond donors (Lipinski definition) is 3. The molecule has 4 rings (SSSR count). The Morgan fingerprint density at radius 3 is 2.58 bits per heavy atom.